The molecule has 1 saturated heterocycles. The van der Waals surface area contributed by atoms with Crippen LogP contribution in [0.5, 0.6) is 11.5 Å². The van der Waals surface area contributed by atoms with E-state index < -0.39 is 0 Å². The monoisotopic (exact) mass is 385 g/mol. The highest BCUT2D eigenvalue weighted by atomic mass is 32.2. The maximum Gasteiger partial charge on any atom is 0.270 e. The van der Waals surface area contributed by atoms with E-state index in [1.54, 1.807) is 12.1 Å². The number of benzene rings is 2. The third-order valence-corrected chi connectivity index (χ3v) is 5.41. The zero-order valence-electron chi connectivity index (χ0n) is 14.3. The topological polar surface area (TPSA) is 60.8 Å². The first kappa shape index (κ1) is 18.5. The normalized spacial score (nSPS) is 15.9. The average molecular weight is 386 g/mol. The van der Waals surface area contributed by atoms with E-state index in [4.69, 9.17) is 12.2 Å². The summed E-state index contributed by atoms with van der Waals surface area (Å²) in [7, 11) is 0. The van der Waals surface area contributed by atoms with Crippen LogP contribution in [-0.2, 0) is 11.2 Å². The molecule has 0 atom stereocenters. The zero-order valence-corrected chi connectivity index (χ0v) is 15.9. The number of nitrogens with zero attached hydrogens (tertiary/aromatic N) is 1. The van der Waals surface area contributed by atoms with Crippen LogP contribution in [0.4, 0.5) is 5.69 Å². The number of carbonyl (C=O) groups is 1. The SMILES string of the molecule is CCCCc1ccc(N2C(=O)/C(=C/c3ccc(O)c(O)c3)SC2=S)cc1. The van der Waals surface area contributed by atoms with Crippen molar-refractivity contribution < 1.29 is 15.0 Å². The number of aryl methyl sites for hydroxylation is 1. The summed E-state index contributed by atoms with van der Waals surface area (Å²) in [6.45, 7) is 2.16. The first-order valence-corrected chi connectivity index (χ1v) is 9.61. The molecule has 2 N–H and O–H groups in total. The lowest BCUT2D eigenvalue weighted by molar-refractivity contribution is -0.113. The van der Waals surface area contributed by atoms with Gasteiger partial charge in [-0.3, -0.25) is 9.69 Å². The Morgan fingerprint density at radius 3 is 2.50 bits per heavy atom. The van der Waals surface area contributed by atoms with Crippen LogP contribution in [0.3, 0.4) is 0 Å². The standard InChI is InChI=1S/C20H19NO3S2/c1-2-3-4-13-5-8-15(9-6-13)21-19(24)18(26-20(21)25)12-14-7-10-16(22)17(23)11-14/h5-12,22-23H,2-4H2,1H3/b18-12-. The second-order valence-electron chi connectivity index (χ2n) is 6.04. The Morgan fingerprint density at radius 1 is 1.12 bits per heavy atom. The smallest absolute Gasteiger partial charge is 0.270 e. The molecule has 2 aromatic rings. The fourth-order valence-electron chi connectivity index (χ4n) is 2.66. The van der Waals surface area contributed by atoms with Crippen LogP contribution in [0, 0.1) is 0 Å². The van der Waals surface area contributed by atoms with Gasteiger partial charge in [0.2, 0.25) is 0 Å². The number of phenols is 2. The van der Waals surface area contributed by atoms with E-state index in [0.717, 1.165) is 24.9 Å². The van der Waals surface area contributed by atoms with Crippen molar-refractivity contribution in [2.75, 3.05) is 4.90 Å². The molecule has 1 amide bonds. The van der Waals surface area contributed by atoms with Crippen LogP contribution in [0.15, 0.2) is 47.4 Å². The predicted molar refractivity (Wildman–Crippen MR) is 110 cm³/mol. The number of thioether (sulfide) groups is 1. The number of amides is 1. The highest BCUT2D eigenvalue weighted by Crippen LogP contribution is 2.37. The van der Waals surface area contributed by atoms with E-state index in [-0.39, 0.29) is 17.4 Å². The van der Waals surface area contributed by atoms with Crippen molar-refractivity contribution in [1.29, 1.82) is 0 Å². The number of carbonyl (C=O) groups excluding carboxylic acids is 1. The molecule has 0 radical (unpaired) electrons. The molecule has 0 saturated carbocycles. The van der Waals surface area contributed by atoms with E-state index >= 15 is 0 Å². The van der Waals surface area contributed by atoms with Gasteiger partial charge >= 0.3 is 0 Å². The van der Waals surface area contributed by atoms with Gasteiger partial charge in [-0.2, -0.15) is 0 Å². The van der Waals surface area contributed by atoms with Crippen LogP contribution in [0.2, 0.25) is 0 Å². The molecule has 1 heterocycles. The Balaban J connectivity index is 1.82. The number of rotatable bonds is 5. The second kappa shape index (κ2) is 7.93. The minimum atomic E-state index is -0.225. The molecule has 1 fully saturated rings. The second-order valence-corrected chi connectivity index (χ2v) is 7.71. The Kier molecular flexibility index (Phi) is 5.64. The van der Waals surface area contributed by atoms with Crippen molar-refractivity contribution >= 4 is 46.0 Å². The van der Waals surface area contributed by atoms with E-state index in [9.17, 15) is 15.0 Å². The lowest BCUT2D eigenvalue weighted by atomic mass is 10.1. The molecule has 134 valence electrons. The summed E-state index contributed by atoms with van der Waals surface area (Å²) in [5.41, 5.74) is 2.62. The highest BCUT2D eigenvalue weighted by molar-refractivity contribution is 8.27. The number of unbranched alkanes of at least 4 members (excludes halogenated alkanes) is 1. The Labute approximate surface area is 162 Å². The Hall–Kier alpha value is -2.31. The van der Waals surface area contributed by atoms with Gasteiger partial charge in [-0.05, 0) is 54.3 Å². The Morgan fingerprint density at radius 2 is 1.85 bits per heavy atom. The van der Waals surface area contributed by atoms with Crippen LogP contribution in [-0.4, -0.2) is 20.4 Å². The van der Waals surface area contributed by atoms with Gasteiger partial charge in [0, 0.05) is 0 Å². The van der Waals surface area contributed by atoms with Crippen molar-refractivity contribution in [3.8, 4) is 11.5 Å². The minimum absolute atomic E-state index is 0.186. The fourth-order valence-corrected chi connectivity index (χ4v) is 3.96. The van der Waals surface area contributed by atoms with Gasteiger partial charge in [-0.25, -0.2) is 0 Å². The Bertz CT molecular complexity index is 875. The van der Waals surface area contributed by atoms with Crippen LogP contribution in [0.1, 0.15) is 30.9 Å². The maximum absolute atomic E-state index is 12.8. The van der Waals surface area contributed by atoms with E-state index in [1.807, 2.05) is 24.3 Å². The number of thiocarbonyl (C=S) groups is 1. The number of phenolic OH excluding ortho intramolecular Hbond substituents is 2. The molecule has 4 nitrogen and oxygen atoms in total. The zero-order chi connectivity index (χ0) is 18.7. The third kappa shape index (κ3) is 3.92. The molecule has 0 spiro atoms. The molecule has 3 rings (SSSR count). The molecule has 26 heavy (non-hydrogen) atoms. The largest absolute Gasteiger partial charge is 0.504 e. The molecule has 0 bridgehead atoms. The lowest BCUT2D eigenvalue weighted by Crippen LogP contribution is -2.27. The van der Waals surface area contributed by atoms with E-state index in [1.165, 1.54) is 34.4 Å². The van der Waals surface area contributed by atoms with Crippen molar-refractivity contribution in [3.63, 3.8) is 0 Å². The summed E-state index contributed by atoms with van der Waals surface area (Å²) in [6.07, 6.45) is 4.98. The van der Waals surface area contributed by atoms with Gasteiger partial charge in [-0.1, -0.05) is 55.5 Å². The number of hydrogen-bond acceptors (Lipinski definition) is 5. The third-order valence-electron chi connectivity index (χ3n) is 4.10. The van der Waals surface area contributed by atoms with E-state index in [0.29, 0.717) is 14.8 Å². The molecule has 0 aliphatic carbocycles. The highest BCUT2D eigenvalue weighted by Gasteiger charge is 2.33. The molecule has 1 aliphatic rings. The average Bonchev–Trinajstić information content (AvgIpc) is 2.90. The molecular weight excluding hydrogens is 366 g/mol. The van der Waals surface area contributed by atoms with Crippen LogP contribution < -0.4 is 4.90 Å². The molecule has 0 unspecified atom stereocenters. The molecule has 0 aromatic heterocycles. The minimum Gasteiger partial charge on any atom is -0.504 e. The number of aromatic hydroxyl groups is 2. The summed E-state index contributed by atoms with van der Waals surface area (Å²) in [5.74, 6) is -0.608. The number of anilines is 1. The molecule has 2 aromatic carbocycles. The maximum atomic E-state index is 12.8. The van der Waals surface area contributed by atoms with Crippen LogP contribution in [0.25, 0.3) is 6.08 Å². The van der Waals surface area contributed by atoms with Gasteiger partial charge in [0.15, 0.2) is 15.8 Å². The van der Waals surface area contributed by atoms with Gasteiger partial charge in [0.05, 0.1) is 10.6 Å². The molecule has 6 heteroatoms. The van der Waals surface area contributed by atoms with Crippen LogP contribution >= 0.6 is 24.0 Å². The summed E-state index contributed by atoms with van der Waals surface area (Å²) in [6, 6.07) is 12.3. The van der Waals surface area contributed by atoms with E-state index in [2.05, 4.69) is 6.92 Å². The fraction of sp³-hybridized carbons (Fsp3) is 0.200. The summed E-state index contributed by atoms with van der Waals surface area (Å²) < 4.78 is 0.477. The predicted octanol–water partition coefficient (Wildman–Crippen LogP) is 4.85. The summed E-state index contributed by atoms with van der Waals surface area (Å²) in [4.78, 5) is 14.8. The first-order chi connectivity index (χ1) is 12.5. The quantitative estimate of drug-likeness (QED) is 0.438. The molecule has 1 aliphatic heterocycles. The summed E-state index contributed by atoms with van der Waals surface area (Å²) >= 11 is 6.60. The van der Waals surface area contributed by atoms with Gasteiger partial charge in [-0.15, -0.1) is 0 Å². The lowest BCUT2D eigenvalue weighted by Gasteiger charge is -2.15. The molecular formula is C20H19NO3S2. The van der Waals surface area contributed by atoms with Crippen molar-refractivity contribution in [3.05, 3.63) is 58.5 Å². The van der Waals surface area contributed by atoms with Gasteiger partial charge < -0.3 is 10.2 Å². The van der Waals surface area contributed by atoms with Crippen molar-refractivity contribution in [2.45, 2.75) is 26.2 Å². The summed E-state index contributed by atoms with van der Waals surface area (Å²) in [5, 5.41) is 19.0. The van der Waals surface area contributed by atoms with Crippen molar-refractivity contribution in [1.82, 2.24) is 0 Å². The van der Waals surface area contributed by atoms with Gasteiger partial charge in [0.1, 0.15) is 0 Å². The number of hydrogen-bond donors (Lipinski definition) is 2. The van der Waals surface area contributed by atoms with Gasteiger partial charge in [0.25, 0.3) is 5.91 Å². The van der Waals surface area contributed by atoms with Crippen molar-refractivity contribution in [2.24, 2.45) is 0 Å². The first-order valence-electron chi connectivity index (χ1n) is 8.38.